The summed E-state index contributed by atoms with van der Waals surface area (Å²) in [5.74, 6) is 1.72. The number of hydrogen-bond acceptors (Lipinski definition) is 5. The van der Waals surface area contributed by atoms with E-state index in [2.05, 4.69) is 10.3 Å². The molecule has 0 aliphatic carbocycles. The van der Waals surface area contributed by atoms with E-state index in [4.69, 9.17) is 13.9 Å². The standard InChI is InChI=1S/C24H22N2O4/c1-15-4-10-21(16(2)12-15)29-14-23(27)25-18-7-5-17(6-8-18)24-26-20-13-19(28-3)9-11-22(20)30-24/h4-13H,14H2,1-3H3,(H,25,27). The fourth-order valence-corrected chi connectivity index (χ4v) is 3.16. The summed E-state index contributed by atoms with van der Waals surface area (Å²) in [5.41, 5.74) is 5.06. The molecule has 0 spiro atoms. The van der Waals surface area contributed by atoms with Gasteiger partial charge in [-0.2, -0.15) is 0 Å². The fourth-order valence-electron chi connectivity index (χ4n) is 3.16. The maximum absolute atomic E-state index is 12.2. The van der Waals surface area contributed by atoms with Crippen molar-refractivity contribution in [1.29, 1.82) is 0 Å². The molecule has 152 valence electrons. The lowest BCUT2D eigenvalue weighted by atomic mass is 10.1. The highest BCUT2D eigenvalue weighted by atomic mass is 16.5. The van der Waals surface area contributed by atoms with E-state index in [1.807, 2.05) is 62.4 Å². The van der Waals surface area contributed by atoms with E-state index >= 15 is 0 Å². The summed E-state index contributed by atoms with van der Waals surface area (Å²) in [5, 5.41) is 2.83. The van der Waals surface area contributed by atoms with Crippen LogP contribution in [-0.2, 0) is 4.79 Å². The molecule has 3 aromatic carbocycles. The van der Waals surface area contributed by atoms with Gasteiger partial charge in [0, 0.05) is 17.3 Å². The number of benzene rings is 3. The predicted molar refractivity (Wildman–Crippen MR) is 116 cm³/mol. The molecule has 0 unspecified atom stereocenters. The summed E-state index contributed by atoms with van der Waals surface area (Å²) >= 11 is 0. The van der Waals surface area contributed by atoms with Crippen molar-refractivity contribution in [2.24, 2.45) is 0 Å². The van der Waals surface area contributed by atoms with Gasteiger partial charge in [-0.25, -0.2) is 4.98 Å². The van der Waals surface area contributed by atoms with Gasteiger partial charge in [0.1, 0.15) is 17.0 Å². The number of anilines is 1. The van der Waals surface area contributed by atoms with Gasteiger partial charge in [-0.3, -0.25) is 4.79 Å². The Morgan fingerprint density at radius 1 is 1.03 bits per heavy atom. The summed E-state index contributed by atoms with van der Waals surface area (Å²) in [6.45, 7) is 3.92. The Balaban J connectivity index is 1.40. The SMILES string of the molecule is COc1ccc2oc(-c3ccc(NC(=O)COc4ccc(C)cc4C)cc3)nc2c1. The molecule has 0 aliphatic heterocycles. The average molecular weight is 402 g/mol. The zero-order chi connectivity index (χ0) is 21.1. The molecule has 0 fully saturated rings. The van der Waals surface area contributed by atoms with Crippen LogP contribution >= 0.6 is 0 Å². The highest BCUT2D eigenvalue weighted by Gasteiger charge is 2.10. The van der Waals surface area contributed by atoms with Crippen LogP contribution in [-0.4, -0.2) is 24.6 Å². The van der Waals surface area contributed by atoms with E-state index < -0.39 is 0 Å². The van der Waals surface area contributed by atoms with E-state index in [0.717, 1.165) is 28.0 Å². The van der Waals surface area contributed by atoms with Crippen LogP contribution in [0.2, 0.25) is 0 Å². The summed E-state index contributed by atoms with van der Waals surface area (Å²) in [4.78, 5) is 16.7. The summed E-state index contributed by atoms with van der Waals surface area (Å²) in [7, 11) is 1.61. The van der Waals surface area contributed by atoms with Gasteiger partial charge in [-0.1, -0.05) is 17.7 Å². The molecule has 1 N–H and O–H groups in total. The number of rotatable bonds is 6. The monoisotopic (exact) mass is 402 g/mol. The number of aromatic nitrogens is 1. The first kappa shape index (κ1) is 19.5. The molecule has 0 aliphatic rings. The molecule has 0 bridgehead atoms. The van der Waals surface area contributed by atoms with Crippen molar-refractivity contribution in [2.75, 3.05) is 19.0 Å². The normalized spacial score (nSPS) is 10.8. The molecule has 4 rings (SSSR count). The van der Waals surface area contributed by atoms with Gasteiger partial charge in [0.05, 0.1) is 7.11 Å². The van der Waals surface area contributed by atoms with Crippen LogP contribution in [0, 0.1) is 13.8 Å². The van der Waals surface area contributed by atoms with E-state index in [-0.39, 0.29) is 12.5 Å². The Morgan fingerprint density at radius 3 is 2.57 bits per heavy atom. The van der Waals surface area contributed by atoms with Crippen LogP contribution in [0.5, 0.6) is 11.5 Å². The van der Waals surface area contributed by atoms with Crippen LogP contribution < -0.4 is 14.8 Å². The summed E-state index contributed by atoms with van der Waals surface area (Å²) < 4.78 is 16.6. The van der Waals surface area contributed by atoms with Crippen molar-refractivity contribution in [2.45, 2.75) is 13.8 Å². The van der Waals surface area contributed by atoms with E-state index in [1.54, 1.807) is 19.2 Å². The van der Waals surface area contributed by atoms with E-state index in [1.165, 1.54) is 0 Å². The predicted octanol–water partition coefficient (Wildman–Crippen LogP) is 5.14. The Bertz CT molecular complexity index is 1200. The molecular formula is C24H22N2O4. The van der Waals surface area contributed by atoms with Crippen LogP contribution in [0.15, 0.2) is 65.1 Å². The topological polar surface area (TPSA) is 73.6 Å². The molecule has 1 amide bonds. The lowest BCUT2D eigenvalue weighted by molar-refractivity contribution is -0.118. The Morgan fingerprint density at radius 2 is 1.83 bits per heavy atom. The van der Waals surface area contributed by atoms with Gasteiger partial charge >= 0.3 is 0 Å². The van der Waals surface area contributed by atoms with Crippen LogP contribution in [0.25, 0.3) is 22.6 Å². The number of hydrogen-bond donors (Lipinski definition) is 1. The molecule has 0 saturated carbocycles. The van der Waals surface area contributed by atoms with Gasteiger partial charge in [0.2, 0.25) is 5.89 Å². The summed E-state index contributed by atoms with van der Waals surface area (Å²) in [6.07, 6.45) is 0. The Hall–Kier alpha value is -3.80. The van der Waals surface area contributed by atoms with Crippen LogP contribution in [0.1, 0.15) is 11.1 Å². The minimum atomic E-state index is -0.225. The van der Waals surface area contributed by atoms with E-state index in [0.29, 0.717) is 22.9 Å². The molecule has 0 radical (unpaired) electrons. The molecule has 1 heterocycles. The first-order valence-corrected chi connectivity index (χ1v) is 9.57. The number of aryl methyl sites for hydroxylation is 2. The number of carbonyl (C=O) groups is 1. The molecule has 6 heteroatoms. The number of carbonyl (C=O) groups excluding carboxylic acids is 1. The largest absolute Gasteiger partial charge is 0.497 e. The van der Waals surface area contributed by atoms with Crippen molar-refractivity contribution in [3.63, 3.8) is 0 Å². The number of methoxy groups -OCH3 is 1. The first-order valence-electron chi connectivity index (χ1n) is 9.57. The number of nitrogens with zero attached hydrogens (tertiary/aromatic N) is 1. The van der Waals surface area contributed by atoms with Gasteiger partial charge < -0.3 is 19.2 Å². The van der Waals surface area contributed by atoms with E-state index in [9.17, 15) is 4.79 Å². The Kier molecular flexibility index (Phi) is 5.39. The molecular weight excluding hydrogens is 380 g/mol. The van der Waals surface area contributed by atoms with Crippen LogP contribution in [0.3, 0.4) is 0 Å². The molecule has 1 aromatic heterocycles. The van der Waals surface area contributed by atoms with Crippen LogP contribution in [0.4, 0.5) is 5.69 Å². The fraction of sp³-hybridized carbons (Fsp3) is 0.167. The quantitative estimate of drug-likeness (QED) is 0.483. The van der Waals surface area contributed by atoms with Gasteiger partial charge in [0.25, 0.3) is 5.91 Å². The molecule has 4 aromatic rings. The molecule has 30 heavy (non-hydrogen) atoms. The summed E-state index contributed by atoms with van der Waals surface area (Å²) in [6, 6.07) is 18.7. The highest BCUT2D eigenvalue weighted by molar-refractivity contribution is 5.92. The smallest absolute Gasteiger partial charge is 0.262 e. The van der Waals surface area contributed by atoms with Crippen molar-refractivity contribution < 1.29 is 18.7 Å². The lowest BCUT2D eigenvalue weighted by Crippen LogP contribution is -2.20. The minimum Gasteiger partial charge on any atom is -0.497 e. The zero-order valence-electron chi connectivity index (χ0n) is 17.1. The Labute approximate surface area is 174 Å². The number of amides is 1. The third-order valence-electron chi connectivity index (χ3n) is 4.70. The maximum atomic E-state index is 12.2. The third kappa shape index (κ3) is 4.27. The number of ether oxygens (including phenoxy) is 2. The maximum Gasteiger partial charge on any atom is 0.262 e. The zero-order valence-corrected chi connectivity index (χ0v) is 17.1. The second-order valence-corrected chi connectivity index (χ2v) is 7.04. The minimum absolute atomic E-state index is 0.0569. The average Bonchev–Trinajstić information content (AvgIpc) is 3.17. The van der Waals surface area contributed by atoms with Crippen molar-refractivity contribution in [3.05, 3.63) is 71.8 Å². The molecule has 0 atom stereocenters. The molecule has 0 saturated heterocycles. The van der Waals surface area contributed by atoms with Crippen molar-refractivity contribution >= 4 is 22.7 Å². The van der Waals surface area contributed by atoms with Crippen molar-refractivity contribution in [3.8, 4) is 23.0 Å². The second kappa shape index (κ2) is 8.29. The van der Waals surface area contributed by atoms with Crippen molar-refractivity contribution in [1.82, 2.24) is 4.98 Å². The molecule has 6 nitrogen and oxygen atoms in total. The number of fused-ring (bicyclic) bond motifs is 1. The number of oxazole rings is 1. The second-order valence-electron chi connectivity index (χ2n) is 7.04. The van der Waals surface area contributed by atoms with Gasteiger partial charge in [0.15, 0.2) is 12.2 Å². The third-order valence-corrected chi connectivity index (χ3v) is 4.70. The highest BCUT2D eigenvalue weighted by Crippen LogP contribution is 2.27. The number of nitrogens with one attached hydrogen (secondary N) is 1. The first-order chi connectivity index (χ1) is 14.5. The lowest BCUT2D eigenvalue weighted by Gasteiger charge is -2.10. The van der Waals surface area contributed by atoms with Gasteiger partial charge in [-0.15, -0.1) is 0 Å². The van der Waals surface area contributed by atoms with Gasteiger partial charge in [-0.05, 0) is 61.9 Å².